The van der Waals surface area contributed by atoms with Crippen LogP contribution in [-0.2, 0) is 24.2 Å². The van der Waals surface area contributed by atoms with Gasteiger partial charge in [-0.3, -0.25) is 9.48 Å². The molecular weight excluding hydrogens is 264 g/mol. The van der Waals surface area contributed by atoms with E-state index in [2.05, 4.69) is 41.9 Å². The maximum atomic E-state index is 11.7. The quantitative estimate of drug-likeness (QED) is 0.693. The molecule has 0 saturated heterocycles. The van der Waals surface area contributed by atoms with Gasteiger partial charge in [-0.2, -0.15) is 5.10 Å². The van der Waals surface area contributed by atoms with Crippen LogP contribution in [0.15, 0.2) is 6.07 Å². The minimum atomic E-state index is -0.622. The highest BCUT2D eigenvalue weighted by atomic mass is 16.1. The van der Waals surface area contributed by atoms with Crippen LogP contribution in [-0.4, -0.2) is 27.8 Å². The van der Waals surface area contributed by atoms with Crippen molar-refractivity contribution < 1.29 is 4.79 Å². The van der Waals surface area contributed by atoms with Crippen LogP contribution in [0.4, 0.5) is 0 Å². The second kappa shape index (κ2) is 8.17. The number of nitrogens with two attached hydrogens (primary N) is 1. The Labute approximate surface area is 128 Å². The van der Waals surface area contributed by atoms with Crippen molar-refractivity contribution in [2.75, 3.05) is 6.54 Å². The van der Waals surface area contributed by atoms with E-state index in [1.807, 2.05) is 6.92 Å². The maximum Gasteiger partial charge on any atom is 0.237 e. The predicted octanol–water partition coefficient (Wildman–Crippen LogP) is 2.03. The van der Waals surface area contributed by atoms with Gasteiger partial charge in [0.1, 0.15) is 0 Å². The van der Waals surface area contributed by atoms with Gasteiger partial charge in [0.05, 0.1) is 11.2 Å². The summed E-state index contributed by atoms with van der Waals surface area (Å²) in [6.45, 7) is 9.87. The van der Waals surface area contributed by atoms with Crippen molar-refractivity contribution in [1.82, 2.24) is 15.1 Å². The summed E-state index contributed by atoms with van der Waals surface area (Å²) in [6.07, 6.45) is 4.54. The molecule has 0 saturated carbocycles. The van der Waals surface area contributed by atoms with Crippen molar-refractivity contribution in [3.8, 4) is 0 Å². The summed E-state index contributed by atoms with van der Waals surface area (Å²) < 4.78 is 2.07. The van der Waals surface area contributed by atoms with E-state index in [0.717, 1.165) is 50.9 Å². The van der Waals surface area contributed by atoms with Crippen LogP contribution in [0.2, 0.25) is 0 Å². The molecule has 5 nitrogen and oxygen atoms in total. The van der Waals surface area contributed by atoms with E-state index in [1.54, 1.807) is 0 Å². The molecule has 1 rings (SSSR count). The van der Waals surface area contributed by atoms with E-state index in [-0.39, 0.29) is 5.91 Å². The first-order valence-corrected chi connectivity index (χ1v) is 8.07. The van der Waals surface area contributed by atoms with Crippen LogP contribution in [0.3, 0.4) is 0 Å². The van der Waals surface area contributed by atoms with E-state index in [0.29, 0.717) is 0 Å². The molecule has 0 fully saturated rings. The molecule has 1 amide bonds. The first-order valence-electron chi connectivity index (χ1n) is 8.07. The molecule has 0 aromatic carbocycles. The summed E-state index contributed by atoms with van der Waals surface area (Å²) in [7, 11) is 0. The van der Waals surface area contributed by atoms with Gasteiger partial charge in [0.25, 0.3) is 0 Å². The molecule has 0 aliphatic rings. The zero-order chi connectivity index (χ0) is 15.9. The van der Waals surface area contributed by atoms with Gasteiger partial charge >= 0.3 is 0 Å². The third-order valence-corrected chi connectivity index (χ3v) is 3.99. The minimum absolute atomic E-state index is 0.277. The van der Waals surface area contributed by atoms with Crippen LogP contribution in [0, 0.1) is 0 Å². The highest BCUT2D eigenvalue weighted by Gasteiger charge is 2.29. The highest BCUT2D eigenvalue weighted by molar-refractivity contribution is 5.84. The Bertz CT molecular complexity index is 455. The van der Waals surface area contributed by atoms with Gasteiger partial charge in [0.2, 0.25) is 5.91 Å². The number of hydrogen-bond donors (Lipinski definition) is 2. The fraction of sp³-hybridized carbons (Fsp3) is 0.750. The van der Waals surface area contributed by atoms with Gasteiger partial charge in [0, 0.05) is 12.2 Å². The smallest absolute Gasteiger partial charge is 0.237 e. The Morgan fingerprint density at radius 3 is 2.62 bits per heavy atom. The van der Waals surface area contributed by atoms with Crippen molar-refractivity contribution in [2.24, 2.45) is 5.73 Å². The lowest BCUT2D eigenvalue weighted by molar-refractivity contribution is -0.124. The summed E-state index contributed by atoms with van der Waals surface area (Å²) in [5.74, 6) is -0.277. The maximum absolute atomic E-state index is 11.7. The SMILES string of the molecule is CCCNC(C)(CCCn1nc(CC)cc1CC)C(N)=O. The number of aromatic nitrogens is 2. The zero-order valence-corrected chi connectivity index (χ0v) is 13.9. The molecule has 1 heterocycles. The van der Waals surface area contributed by atoms with E-state index in [1.165, 1.54) is 5.69 Å². The second-order valence-corrected chi connectivity index (χ2v) is 5.78. The minimum Gasteiger partial charge on any atom is -0.368 e. The molecule has 0 spiro atoms. The van der Waals surface area contributed by atoms with Gasteiger partial charge in [0.15, 0.2) is 0 Å². The Morgan fingerprint density at radius 1 is 1.38 bits per heavy atom. The fourth-order valence-electron chi connectivity index (χ4n) is 2.45. The number of rotatable bonds is 10. The van der Waals surface area contributed by atoms with E-state index >= 15 is 0 Å². The number of amides is 1. The Hall–Kier alpha value is -1.36. The number of hydrogen-bond acceptors (Lipinski definition) is 3. The van der Waals surface area contributed by atoms with Crippen LogP contribution in [0.25, 0.3) is 0 Å². The van der Waals surface area contributed by atoms with E-state index < -0.39 is 5.54 Å². The molecule has 1 aromatic heterocycles. The van der Waals surface area contributed by atoms with Crippen LogP contribution >= 0.6 is 0 Å². The average Bonchev–Trinajstić information content (AvgIpc) is 2.87. The van der Waals surface area contributed by atoms with Crippen LogP contribution in [0.5, 0.6) is 0 Å². The summed E-state index contributed by atoms with van der Waals surface area (Å²) in [5, 5.41) is 7.88. The lowest BCUT2D eigenvalue weighted by Gasteiger charge is -2.27. The Balaban J connectivity index is 2.61. The summed E-state index contributed by atoms with van der Waals surface area (Å²) in [5.41, 5.74) is 7.32. The van der Waals surface area contributed by atoms with Crippen molar-refractivity contribution in [3.05, 3.63) is 17.5 Å². The van der Waals surface area contributed by atoms with E-state index in [4.69, 9.17) is 5.73 Å². The Morgan fingerprint density at radius 2 is 2.10 bits per heavy atom. The number of aryl methyl sites for hydroxylation is 3. The second-order valence-electron chi connectivity index (χ2n) is 5.78. The summed E-state index contributed by atoms with van der Waals surface area (Å²) in [6, 6.07) is 2.17. The molecule has 3 N–H and O–H groups in total. The van der Waals surface area contributed by atoms with Crippen LogP contribution < -0.4 is 11.1 Å². The lowest BCUT2D eigenvalue weighted by atomic mass is 9.94. The normalized spacial score (nSPS) is 14.1. The molecule has 5 heteroatoms. The molecule has 0 aliphatic carbocycles. The lowest BCUT2D eigenvalue weighted by Crippen LogP contribution is -2.53. The van der Waals surface area contributed by atoms with Crippen molar-refractivity contribution in [1.29, 1.82) is 0 Å². The molecule has 120 valence electrons. The number of carbonyl (C=O) groups is 1. The number of nitrogens with one attached hydrogen (secondary N) is 1. The van der Waals surface area contributed by atoms with Crippen LogP contribution in [0.1, 0.15) is 58.3 Å². The summed E-state index contributed by atoms with van der Waals surface area (Å²) >= 11 is 0. The Kier molecular flexibility index (Phi) is 6.89. The molecule has 1 atom stereocenters. The average molecular weight is 294 g/mol. The van der Waals surface area contributed by atoms with Crippen molar-refractivity contribution >= 4 is 5.91 Å². The molecule has 21 heavy (non-hydrogen) atoms. The molecule has 1 unspecified atom stereocenters. The van der Waals surface area contributed by atoms with Gasteiger partial charge in [-0.25, -0.2) is 0 Å². The van der Waals surface area contributed by atoms with Gasteiger partial charge in [-0.15, -0.1) is 0 Å². The van der Waals surface area contributed by atoms with Gasteiger partial charge in [-0.1, -0.05) is 20.8 Å². The molecule has 0 radical (unpaired) electrons. The summed E-state index contributed by atoms with van der Waals surface area (Å²) in [4.78, 5) is 11.7. The number of carbonyl (C=O) groups excluding carboxylic acids is 1. The van der Waals surface area contributed by atoms with Crippen molar-refractivity contribution in [3.63, 3.8) is 0 Å². The third kappa shape index (κ3) is 4.84. The van der Waals surface area contributed by atoms with Gasteiger partial charge < -0.3 is 11.1 Å². The van der Waals surface area contributed by atoms with Crippen molar-refractivity contribution in [2.45, 2.75) is 71.9 Å². The fourth-order valence-corrected chi connectivity index (χ4v) is 2.45. The number of nitrogens with zero attached hydrogens (tertiary/aromatic N) is 2. The standard InChI is InChI=1S/C16H30N4O/c1-5-10-18-16(4,15(17)21)9-8-11-20-14(7-3)12-13(6-2)19-20/h12,18H,5-11H2,1-4H3,(H2,17,21). The largest absolute Gasteiger partial charge is 0.368 e. The first-order chi connectivity index (χ1) is 9.96. The number of primary amides is 1. The monoisotopic (exact) mass is 294 g/mol. The molecule has 0 bridgehead atoms. The molecule has 0 aliphatic heterocycles. The highest BCUT2D eigenvalue weighted by Crippen LogP contribution is 2.14. The predicted molar refractivity (Wildman–Crippen MR) is 86.1 cm³/mol. The third-order valence-electron chi connectivity index (χ3n) is 3.99. The topological polar surface area (TPSA) is 72.9 Å². The van der Waals surface area contributed by atoms with Gasteiger partial charge in [-0.05, 0) is 51.6 Å². The zero-order valence-electron chi connectivity index (χ0n) is 13.9. The molecular formula is C16H30N4O. The van der Waals surface area contributed by atoms with E-state index in [9.17, 15) is 4.79 Å². The molecule has 1 aromatic rings. The first kappa shape index (κ1) is 17.7.